The Labute approximate surface area is 385 Å². The van der Waals surface area contributed by atoms with Crippen LogP contribution in [0.25, 0.3) is 101 Å². The van der Waals surface area contributed by atoms with Crippen molar-refractivity contribution in [3.05, 3.63) is 229 Å². The number of rotatable bonds is 6. The molecule has 2 aromatic heterocycles. The summed E-state index contributed by atoms with van der Waals surface area (Å²) in [6.45, 7) is 9.59. The van der Waals surface area contributed by atoms with Gasteiger partial charge in [-0.2, -0.15) is 0 Å². The summed E-state index contributed by atoms with van der Waals surface area (Å²) in [5.41, 5.74) is 23.9. The average molecular weight is 847 g/mol. The molecule has 66 heavy (non-hydrogen) atoms. The van der Waals surface area contributed by atoms with Crippen molar-refractivity contribution in [1.82, 2.24) is 19.1 Å². The molecule has 2 heterocycles. The fraction of sp³-hybridized carbons (Fsp3) is 0.0968. The third-order valence-corrected chi connectivity index (χ3v) is 14.5. The van der Waals surface area contributed by atoms with Crippen molar-refractivity contribution in [2.24, 2.45) is 0 Å². The molecule has 0 fully saturated rings. The van der Waals surface area contributed by atoms with E-state index in [9.17, 15) is 0 Å². The van der Waals surface area contributed by atoms with Gasteiger partial charge >= 0.3 is 0 Å². The number of hydrogen-bond donors (Lipinski definition) is 0. The van der Waals surface area contributed by atoms with Crippen LogP contribution in [0, 0.1) is 0 Å². The molecule has 4 nitrogen and oxygen atoms in total. The molecule has 0 spiro atoms. The van der Waals surface area contributed by atoms with E-state index in [1.165, 1.54) is 66.8 Å². The Balaban J connectivity index is 0.851. The summed E-state index contributed by atoms with van der Waals surface area (Å²) >= 11 is 0. The predicted octanol–water partition coefficient (Wildman–Crippen LogP) is 15.6. The summed E-state index contributed by atoms with van der Waals surface area (Å²) in [5, 5.41) is 0. The molecule has 0 saturated carbocycles. The van der Waals surface area contributed by atoms with Crippen molar-refractivity contribution < 1.29 is 0 Å². The van der Waals surface area contributed by atoms with Gasteiger partial charge in [-0.1, -0.05) is 149 Å². The van der Waals surface area contributed by atoms with Crippen LogP contribution in [0.3, 0.4) is 0 Å². The summed E-state index contributed by atoms with van der Waals surface area (Å²) in [6, 6.07) is 74.9. The van der Waals surface area contributed by atoms with E-state index in [1.807, 2.05) is 0 Å². The Kier molecular flexibility index (Phi) is 8.26. The molecule has 9 aromatic carbocycles. The second-order valence-corrected chi connectivity index (χ2v) is 19.1. The highest BCUT2D eigenvalue weighted by atomic mass is 15.1. The lowest BCUT2D eigenvalue weighted by molar-refractivity contribution is 0.652. The second-order valence-electron chi connectivity index (χ2n) is 19.1. The van der Waals surface area contributed by atoms with Gasteiger partial charge in [0.1, 0.15) is 11.6 Å². The SMILES string of the molecule is CC1(C)c2cc(-c3cccc(-c4nc5ccccc5n4-c4ccccc4)c3)ccc2-c2cc3c(cc21)-c1ccc(-c2cccc(-c4nc5ccccc5n4-c4ccccc4)c2)cc1C3(C)C. The third kappa shape index (κ3) is 5.71. The van der Waals surface area contributed by atoms with Crippen LogP contribution in [0.1, 0.15) is 49.9 Å². The van der Waals surface area contributed by atoms with Crippen LogP contribution in [0.4, 0.5) is 0 Å². The van der Waals surface area contributed by atoms with E-state index in [2.05, 4.69) is 243 Å². The number of fused-ring (bicyclic) bond motifs is 8. The maximum absolute atomic E-state index is 5.17. The van der Waals surface area contributed by atoms with Gasteiger partial charge in [0.05, 0.1) is 22.1 Å². The first kappa shape index (κ1) is 38.4. The molecule has 0 radical (unpaired) electrons. The molecule has 314 valence electrons. The smallest absolute Gasteiger partial charge is 0.145 e. The molecule has 0 N–H and O–H groups in total. The molecule has 0 aliphatic heterocycles. The molecule has 2 aliphatic rings. The second kappa shape index (κ2) is 14.2. The largest absolute Gasteiger partial charge is 0.292 e. The fourth-order valence-electron chi connectivity index (χ4n) is 11.1. The summed E-state index contributed by atoms with van der Waals surface area (Å²) in [6.07, 6.45) is 0. The summed E-state index contributed by atoms with van der Waals surface area (Å²) in [4.78, 5) is 10.3. The first-order chi connectivity index (χ1) is 32.2. The Morgan fingerprint density at radius 1 is 0.303 bits per heavy atom. The Morgan fingerprint density at radius 3 is 1.11 bits per heavy atom. The predicted molar refractivity (Wildman–Crippen MR) is 273 cm³/mol. The molecule has 13 rings (SSSR count). The molecule has 0 bridgehead atoms. The lowest BCUT2D eigenvalue weighted by Crippen LogP contribution is -2.17. The van der Waals surface area contributed by atoms with E-state index in [1.54, 1.807) is 0 Å². The Morgan fingerprint density at radius 2 is 0.667 bits per heavy atom. The molecule has 0 saturated heterocycles. The zero-order valence-electron chi connectivity index (χ0n) is 37.4. The molecule has 0 unspecified atom stereocenters. The van der Waals surface area contributed by atoms with Crippen molar-refractivity contribution in [3.63, 3.8) is 0 Å². The van der Waals surface area contributed by atoms with Crippen molar-refractivity contribution in [1.29, 1.82) is 0 Å². The van der Waals surface area contributed by atoms with Crippen molar-refractivity contribution in [2.45, 2.75) is 38.5 Å². The van der Waals surface area contributed by atoms with Gasteiger partial charge in [0.15, 0.2) is 0 Å². The summed E-state index contributed by atoms with van der Waals surface area (Å²) < 4.78 is 4.56. The van der Waals surface area contributed by atoms with Gasteiger partial charge < -0.3 is 0 Å². The maximum Gasteiger partial charge on any atom is 0.145 e. The number of hydrogen-bond acceptors (Lipinski definition) is 2. The first-order valence-electron chi connectivity index (χ1n) is 23.0. The number of aromatic nitrogens is 4. The van der Waals surface area contributed by atoms with Crippen molar-refractivity contribution >= 4 is 22.1 Å². The highest BCUT2D eigenvalue weighted by Gasteiger charge is 2.42. The Bertz CT molecular complexity index is 3510. The van der Waals surface area contributed by atoms with E-state index in [-0.39, 0.29) is 10.8 Å². The fourth-order valence-corrected chi connectivity index (χ4v) is 11.1. The van der Waals surface area contributed by atoms with Crippen LogP contribution >= 0.6 is 0 Å². The maximum atomic E-state index is 5.17. The quantitative estimate of drug-likeness (QED) is 0.167. The van der Waals surface area contributed by atoms with Crippen LogP contribution in [0.2, 0.25) is 0 Å². The molecule has 0 atom stereocenters. The average Bonchev–Trinajstić information content (AvgIpc) is 4.07. The monoisotopic (exact) mass is 846 g/mol. The standard InChI is InChI=1S/C62H46N4/c1-61(2)51-35-41(39-17-15-19-43(33-39)59-63-55-25-11-13-27-57(55)65(59)45-21-7-5-8-22-45)29-31-47(51)49-38-54-50(37-53(49)61)48-32-30-42(36-52(48)62(54,3)4)40-18-16-20-44(34-40)60-64-56-26-12-14-28-58(56)66(60)46-23-9-6-10-24-46/h5-38H,1-4H3. The van der Waals surface area contributed by atoms with Gasteiger partial charge in [0.2, 0.25) is 0 Å². The van der Waals surface area contributed by atoms with E-state index in [4.69, 9.17) is 9.97 Å². The van der Waals surface area contributed by atoms with E-state index in [0.717, 1.165) is 56.2 Å². The minimum absolute atomic E-state index is 0.182. The van der Waals surface area contributed by atoms with Crippen LogP contribution in [0.15, 0.2) is 206 Å². The van der Waals surface area contributed by atoms with Gasteiger partial charge in [-0.05, 0) is 152 Å². The number of imidazole rings is 2. The highest BCUT2D eigenvalue weighted by Crippen LogP contribution is 2.57. The molecule has 4 heteroatoms. The van der Waals surface area contributed by atoms with E-state index >= 15 is 0 Å². The molecular formula is C62H46N4. The van der Waals surface area contributed by atoms with Gasteiger partial charge in [0.25, 0.3) is 0 Å². The van der Waals surface area contributed by atoms with Crippen LogP contribution in [0.5, 0.6) is 0 Å². The van der Waals surface area contributed by atoms with Gasteiger partial charge in [-0.15, -0.1) is 0 Å². The third-order valence-electron chi connectivity index (χ3n) is 14.5. The van der Waals surface area contributed by atoms with Crippen LogP contribution < -0.4 is 0 Å². The van der Waals surface area contributed by atoms with E-state index < -0.39 is 0 Å². The van der Waals surface area contributed by atoms with Crippen LogP contribution in [-0.2, 0) is 10.8 Å². The number of benzene rings is 9. The number of para-hydroxylation sites is 6. The summed E-state index contributed by atoms with van der Waals surface area (Å²) in [7, 11) is 0. The number of nitrogens with zero attached hydrogens (tertiary/aromatic N) is 4. The van der Waals surface area contributed by atoms with Gasteiger partial charge in [-0.25, -0.2) is 9.97 Å². The van der Waals surface area contributed by atoms with E-state index in [0.29, 0.717) is 0 Å². The van der Waals surface area contributed by atoms with Crippen molar-refractivity contribution in [3.8, 4) is 78.7 Å². The van der Waals surface area contributed by atoms with Gasteiger partial charge in [-0.3, -0.25) is 9.13 Å². The first-order valence-corrected chi connectivity index (χ1v) is 23.0. The zero-order valence-corrected chi connectivity index (χ0v) is 37.4. The molecular weight excluding hydrogens is 801 g/mol. The Hall–Kier alpha value is -8.08. The minimum atomic E-state index is -0.182. The molecule has 0 amide bonds. The van der Waals surface area contributed by atoms with Crippen LogP contribution in [-0.4, -0.2) is 19.1 Å². The summed E-state index contributed by atoms with van der Waals surface area (Å²) in [5.74, 6) is 1.88. The molecule has 11 aromatic rings. The topological polar surface area (TPSA) is 35.6 Å². The molecule has 2 aliphatic carbocycles. The van der Waals surface area contributed by atoms with Crippen molar-refractivity contribution in [2.75, 3.05) is 0 Å². The minimum Gasteiger partial charge on any atom is -0.292 e. The van der Waals surface area contributed by atoms with Gasteiger partial charge in [0, 0.05) is 33.3 Å². The normalized spacial score (nSPS) is 14.0. The highest BCUT2D eigenvalue weighted by molar-refractivity contribution is 5.92. The lowest BCUT2D eigenvalue weighted by atomic mass is 9.79. The lowest BCUT2D eigenvalue weighted by Gasteiger charge is -2.24. The zero-order chi connectivity index (χ0) is 44.3.